The van der Waals surface area contributed by atoms with E-state index in [1.54, 1.807) is 19.2 Å². The molecule has 0 saturated heterocycles. The van der Waals surface area contributed by atoms with Crippen molar-refractivity contribution in [2.45, 2.75) is 18.3 Å². The molecule has 2 aromatic rings. The maximum atomic E-state index is 12.3. The van der Waals surface area contributed by atoms with Gasteiger partial charge in [-0.3, -0.25) is 4.79 Å². The van der Waals surface area contributed by atoms with Gasteiger partial charge in [0.05, 0.1) is 7.11 Å². The summed E-state index contributed by atoms with van der Waals surface area (Å²) in [5, 5.41) is 3.77. The van der Waals surface area contributed by atoms with Gasteiger partial charge in [0.25, 0.3) is 5.91 Å². The van der Waals surface area contributed by atoms with Crippen molar-refractivity contribution < 1.29 is 9.53 Å². The molecule has 3 nitrogen and oxygen atoms in total. The molecule has 0 spiro atoms. The first-order chi connectivity index (χ1) is 10.6. The molecule has 1 saturated carbocycles. The third-order valence-electron chi connectivity index (χ3n) is 4.21. The number of hydrogen-bond donors (Lipinski definition) is 1. The van der Waals surface area contributed by atoms with Gasteiger partial charge in [0.1, 0.15) is 5.75 Å². The quantitative estimate of drug-likeness (QED) is 0.911. The van der Waals surface area contributed by atoms with Crippen LogP contribution in [0.15, 0.2) is 48.5 Å². The lowest BCUT2D eigenvalue weighted by Gasteiger charge is -2.17. The minimum absolute atomic E-state index is 0.0411. The first kappa shape index (κ1) is 14.9. The molecule has 0 aliphatic heterocycles. The zero-order valence-corrected chi connectivity index (χ0v) is 13.2. The summed E-state index contributed by atoms with van der Waals surface area (Å²) in [4.78, 5) is 12.3. The molecular formula is C18H18ClNO2. The number of ether oxygens (including phenoxy) is 1. The summed E-state index contributed by atoms with van der Waals surface area (Å²) in [7, 11) is 1.59. The summed E-state index contributed by atoms with van der Waals surface area (Å²) in [6, 6.07) is 15.1. The Morgan fingerprint density at radius 1 is 1.23 bits per heavy atom. The van der Waals surface area contributed by atoms with E-state index in [1.807, 2.05) is 30.3 Å². The minimum Gasteiger partial charge on any atom is -0.497 e. The van der Waals surface area contributed by atoms with Crippen LogP contribution in [-0.2, 0) is 5.41 Å². The number of carbonyl (C=O) groups excluding carboxylic acids is 1. The molecule has 114 valence electrons. The number of carbonyl (C=O) groups is 1. The summed E-state index contributed by atoms with van der Waals surface area (Å²) >= 11 is 6.07. The predicted octanol–water partition coefficient (Wildman–Crippen LogP) is 3.81. The minimum atomic E-state index is -0.0767. The van der Waals surface area contributed by atoms with Crippen LogP contribution in [0.4, 0.5) is 0 Å². The summed E-state index contributed by atoms with van der Waals surface area (Å²) in [6.45, 7) is 0.628. The van der Waals surface area contributed by atoms with Crippen LogP contribution in [0.25, 0.3) is 0 Å². The highest BCUT2D eigenvalue weighted by Crippen LogP contribution is 2.48. The van der Waals surface area contributed by atoms with E-state index in [-0.39, 0.29) is 11.3 Å². The molecule has 1 aliphatic carbocycles. The SMILES string of the molecule is COc1cccc(C(=O)NCC2(c3cccc(Cl)c3)CC2)c1. The van der Waals surface area contributed by atoms with Gasteiger partial charge in [-0.15, -0.1) is 0 Å². The highest BCUT2D eigenvalue weighted by molar-refractivity contribution is 6.30. The Labute approximate surface area is 135 Å². The highest BCUT2D eigenvalue weighted by atomic mass is 35.5. The number of methoxy groups -OCH3 is 1. The molecule has 0 unspecified atom stereocenters. The van der Waals surface area contributed by atoms with Crippen LogP contribution in [0.3, 0.4) is 0 Å². The second-order valence-electron chi connectivity index (χ2n) is 5.71. The smallest absolute Gasteiger partial charge is 0.251 e. The molecule has 0 aromatic heterocycles. The van der Waals surface area contributed by atoms with Crippen molar-refractivity contribution in [1.82, 2.24) is 5.32 Å². The molecule has 1 amide bonds. The summed E-state index contributed by atoms with van der Waals surface area (Å²) in [5.41, 5.74) is 1.85. The molecule has 1 fully saturated rings. The first-order valence-corrected chi connectivity index (χ1v) is 7.69. The normalized spacial score (nSPS) is 15.2. The molecule has 22 heavy (non-hydrogen) atoms. The average molecular weight is 316 g/mol. The maximum absolute atomic E-state index is 12.3. The Kier molecular flexibility index (Phi) is 4.08. The van der Waals surface area contributed by atoms with Crippen molar-refractivity contribution in [3.05, 3.63) is 64.7 Å². The molecule has 0 atom stereocenters. The third-order valence-corrected chi connectivity index (χ3v) is 4.44. The van der Waals surface area contributed by atoms with E-state index in [9.17, 15) is 4.79 Å². The summed E-state index contributed by atoms with van der Waals surface area (Å²) < 4.78 is 5.15. The van der Waals surface area contributed by atoms with Gasteiger partial charge in [-0.25, -0.2) is 0 Å². The van der Waals surface area contributed by atoms with E-state index in [4.69, 9.17) is 16.3 Å². The van der Waals surface area contributed by atoms with Gasteiger partial charge in [0.15, 0.2) is 0 Å². The van der Waals surface area contributed by atoms with E-state index in [0.29, 0.717) is 17.9 Å². The standard InChI is InChI=1S/C18H18ClNO2/c1-22-16-7-2-4-13(10-16)17(21)20-12-18(8-9-18)14-5-3-6-15(19)11-14/h2-7,10-11H,8-9,12H2,1H3,(H,20,21). The summed E-state index contributed by atoms with van der Waals surface area (Å²) in [6.07, 6.45) is 2.15. The number of halogens is 1. The van der Waals surface area contributed by atoms with Crippen molar-refractivity contribution in [1.29, 1.82) is 0 Å². The Morgan fingerprint density at radius 3 is 2.68 bits per heavy atom. The fraction of sp³-hybridized carbons (Fsp3) is 0.278. The summed E-state index contributed by atoms with van der Waals surface area (Å²) in [5.74, 6) is 0.607. The molecule has 1 N–H and O–H groups in total. The fourth-order valence-electron chi connectivity index (χ4n) is 2.65. The van der Waals surface area contributed by atoms with Crippen LogP contribution >= 0.6 is 11.6 Å². The maximum Gasteiger partial charge on any atom is 0.251 e. The molecule has 1 aliphatic rings. The van der Waals surface area contributed by atoms with Crippen molar-refractivity contribution in [2.75, 3.05) is 13.7 Å². The molecule has 4 heteroatoms. The van der Waals surface area contributed by atoms with Crippen LogP contribution in [-0.4, -0.2) is 19.6 Å². The van der Waals surface area contributed by atoms with Crippen molar-refractivity contribution in [3.63, 3.8) is 0 Å². The van der Waals surface area contributed by atoms with Gasteiger partial charge in [-0.1, -0.05) is 29.8 Å². The largest absolute Gasteiger partial charge is 0.497 e. The molecule has 0 radical (unpaired) electrons. The predicted molar refractivity (Wildman–Crippen MR) is 87.7 cm³/mol. The highest BCUT2D eigenvalue weighted by Gasteiger charge is 2.44. The van der Waals surface area contributed by atoms with Gasteiger partial charge in [-0.2, -0.15) is 0 Å². The number of hydrogen-bond acceptors (Lipinski definition) is 2. The lowest BCUT2D eigenvalue weighted by Crippen LogP contribution is -2.32. The number of nitrogens with one attached hydrogen (secondary N) is 1. The molecule has 0 heterocycles. The van der Waals surface area contributed by atoms with Crippen LogP contribution in [0.2, 0.25) is 5.02 Å². The van der Waals surface area contributed by atoms with Crippen molar-refractivity contribution >= 4 is 17.5 Å². The van der Waals surface area contributed by atoms with Crippen LogP contribution < -0.4 is 10.1 Å². The third kappa shape index (κ3) is 3.09. The van der Waals surface area contributed by atoms with E-state index in [0.717, 1.165) is 17.9 Å². The van der Waals surface area contributed by atoms with Crippen LogP contribution in [0, 0.1) is 0 Å². The second-order valence-corrected chi connectivity index (χ2v) is 6.14. The van der Waals surface area contributed by atoms with Crippen LogP contribution in [0.5, 0.6) is 5.75 Å². The molecule has 0 bridgehead atoms. The van der Waals surface area contributed by atoms with E-state index in [2.05, 4.69) is 11.4 Å². The van der Waals surface area contributed by atoms with E-state index >= 15 is 0 Å². The molecule has 3 rings (SSSR count). The molecular weight excluding hydrogens is 298 g/mol. The van der Waals surface area contributed by atoms with Gasteiger partial charge < -0.3 is 10.1 Å². The topological polar surface area (TPSA) is 38.3 Å². The Bertz CT molecular complexity index is 695. The second kappa shape index (κ2) is 6.01. The van der Waals surface area contributed by atoms with Gasteiger partial charge in [0, 0.05) is 22.5 Å². The van der Waals surface area contributed by atoms with Crippen molar-refractivity contribution in [3.8, 4) is 5.75 Å². The van der Waals surface area contributed by atoms with Gasteiger partial charge in [0.2, 0.25) is 0 Å². The zero-order valence-electron chi connectivity index (χ0n) is 12.4. The van der Waals surface area contributed by atoms with Gasteiger partial charge >= 0.3 is 0 Å². The Balaban J connectivity index is 1.68. The van der Waals surface area contributed by atoms with Crippen LogP contribution in [0.1, 0.15) is 28.8 Å². The lowest BCUT2D eigenvalue weighted by atomic mass is 9.96. The zero-order chi connectivity index (χ0) is 15.6. The Hall–Kier alpha value is -2.00. The molecule has 2 aromatic carbocycles. The van der Waals surface area contributed by atoms with E-state index in [1.165, 1.54) is 5.56 Å². The fourth-order valence-corrected chi connectivity index (χ4v) is 2.84. The number of amides is 1. The lowest BCUT2D eigenvalue weighted by molar-refractivity contribution is 0.0949. The Morgan fingerprint density at radius 2 is 2.00 bits per heavy atom. The number of benzene rings is 2. The van der Waals surface area contributed by atoms with Crippen molar-refractivity contribution in [2.24, 2.45) is 0 Å². The first-order valence-electron chi connectivity index (χ1n) is 7.31. The average Bonchev–Trinajstić information content (AvgIpc) is 3.34. The van der Waals surface area contributed by atoms with Gasteiger partial charge in [-0.05, 0) is 48.7 Å². The monoisotopic (exact) mass is 315 g/mol. The number of rotatable bonds is 5. The van der Waals surface area contributed by atoms with E-state index < -0.39 is 0 Å².